The van der Waals surface area contributed by atoms with Crippen molar-refractivity contribution in [3.8, 4) is 0 Å². The molecule has 0 aromatic heterocycles. The van der Waals surface area contributed by atoms with Gasteiger partial charge in [0.05, 0.1) is 5.92 Å². The minimum absolute atomic E-state index is 0.109. The van der Waals surface area contributed by atoms with Gasteiger partial charge in [-0.1, -0.05) is 24.3 Å². The van der Waals surface area contributed by atoms with E-state index in [4.69, 9.17) is 0 Å². The maximum Gasteiger partial charge on any atom is 0.234 e. The zero-order valence-electron chi connectivity index (χ0n) is 11.6. The van der Waals surface area contributed by atoms with Crippen LogP contribution >= 0.6 is 11.8 Å². The lowest BCUT2D eigenvalue weighted by Crippen LogP contribution is -2.52. The second-order valence-electron chi connectivity index (χ2n) is 5.90. The standard InChI is InChI=1S/C16H19NO2S/c1-11-5-2-3-6-12(11)14-15(19)17-13(18)9-16(14)7-4-8-20-10-16/h2-3,5-6,14H,4,7-10H2,1H3,(H,17,18,19). The molecule has 0 radical (unpaired) electrons. The number of thioether (sulfide) groups is 1. The lowest BCUT2D eigenvalue weighted by molar-refractivity contribution is -0.139. The zero-order valence-corrected chi connectivity index (χ0v) is 12.5. The van der Waals surface area contributed by atoms with Crippen molar-refractivity contribution in [3.05, 3.63) is 35.4 Å². The largest absolute Gasteiger partial charge is 0.296 e. The molecule has 2 saturated heterocycles. The number of amides is 2. The summed E-state index contributed by atoms with van der Waals surface area (Å²) in [6.07, 6.45) is 2.54. The van der Waals surface area contributed by atoms with Gasteiger partial charge in [-0.15, -0.1) is 0 Å². The first kappa shape index (κ1) is 13.7. The fourth-order valence-corrected chi connectivity index (χ4v) is 4.89. The Kier molecular flexibility index (Phi) is 3.59. The molecule has 0 bridgehead atoms. The van der Waals surface area contributed by atoms with E-state index in [0.717, 1.165) is 35.5 Å². The first-order valence-corrected chi connectivity index (χ1v) is 8.25. The normalized spacial score (nSPS) is 30.4. The van der Waals surface area contributed by atoms with Gasteiger partial charge in [0, 0.05) is 17.6 Å². The molecule has 1 aromatic carbocycles. The molecule has 106 valence electrons. The Hall–Kier alpha value is -1.29. The van der Waals surface area contributed by atoms with Gasteiger partial charge < -0.3 is 0 Å². The summed E-state index contributed by atoms with van der Waals surface area (Å²) in [6.45, 7) is 2.04. The van der Waals surface area contributed by atoms with Crippen molar-refractivity contribution in [2.24, 2.45) is 5.41 Å². The summed E-state index contributed by atoms with van der Waals surface area (Å²) in [5.74, 6) is 1.64. The third kappa shape index (κ3) is 2.26. The number of hydrogen-bond acceptors (Lipinski definition) is 3. The van der Waals surface area contributed by atoms with Crippen LogP contribution in [0.15, 0.2) is 24.3 Å². The molecule has 4 heteroatoms. The van der Waals surface area contributed by atoms with E-state index in [2.05, 4.69) is 5.32 Å². The fourth-order valence-electron chi connectivity index (χ4n) is 3.58. The van der Waals surface area contributed by atoms with Gasteiger partial charge in [0.1, 0.15) is 0 Å². The minimum Gasteiger partial charge on any atom is -0.296 e. The Morgan fingerprint density at radius 2 is 2.10 bits per heavy atom. The van der Waals surface area contributed by atoms with Crippen molar-refractivity contribution in [1.29, 1.82) is 0 Å². The smallest absolute Gasteiger partial charge is 0.234 e. The molecular weight excluding hydrogens is 270 g/mol. The lowest BCUT2D eigenvalue weighted by atomic mass is 9.65. The molecule has 2 amide bonds. The highest BCUT2D eigenvalue weighted by molar-refractivity contribution is 7.99. The predicted molar refractivity (Wildman–Crippen MR) is 80.7 cm³/mol. The average molecular weight is 289 g/mol. The third-order valence-electron chi connectivity index (χ3n) is 4.50. The van der Waals surface area contributed by atoms with E-state index in [9.17, 15) is 9.59 Å². The number of hydrogen-bond donors (Lipinski definition) is 1. The van der Waals surface area contributed by atoms with Gasteiger partial charge in [-0.05, 0) is 36.6 Å². The van der Waals surface area contributed by atoms with Crippen LogP contribution in [0.1, 0.15) is 36.3 Å². The topological polar surface area (TPSA) is 46.2 Å². The second-order valence-corrected chi connectivity index (χ2v) is 7.00. The van der Waals surface area contributed by atoms with Gasteiger partial charge in [-0.2, -0.15) is 11.8 Å². The van der Waals surface area contributed by atoms with Gasteiger partial charge in [-0.3, -0.25) is 14.9 Å². The third-order valence-corrected chi connectivity index (χ3v) is 5.86. The van der Waals surface area contributed by atoms with Crippen LogP contribution < -0.4 is 5.32 Å². The molecule has 2 unspecified atom stereocenters. The maximum atomic E-state index is 12.5. The molecule has 2 heterocycles. The van der Waals surface area contributed by atoms with Crippen LogP contribution in [0.3, 0.4) is 0 Å². The van der Waals surface area contributed by atoms with Crippen molar-refractivity contribution in [3.63, 3.8) is 0 Å². The molecule has 1 spiro atoms. The van der Waals surface area contributed by atoms with Crippen LogP contribution in [0.5, 0.6) is 0 Å². The molecule has 1 N–H and O–H groups in total. The predicted octanol–water partition coefficient (Wildman–Crippen LogP) is 2.64. The molecule has 20 heavy (non-hydrogen) atoms. The quantitative estimate of drug-likeness (QED) is 0.808. The molecule has 2 aliphatic rings. The van der Waals surface area contributed by atoms with Crippen LogP contribution in [0.4, 0.5) is 0 Å². The number of carbonyl (C=O) groups is 2. The van der Waals surface area contributed by atoms with Crippen molar-refractivity contribution in [1.82, 2.24) is 5.32 Å². The maximum absolute atomic E-state index is 12.5. The molecule has 0 saturated carbocycles. The summed E-state index contributed by atoms with van der Waals surface area (Å²) in [4.78, 5) is 24.4. The molecule has 2 aliphatic heterocycles. The fraction of sp³-hybridized carbons (Fsp3) is 0.500. The summed E-state index contributed by atoms with van der Waals surface area (Å²) >= 11 is 1.88. The molecule has 0 aliphatic carbocycles. The summed E-state index contributed by atoms with van der Waals surface area (Å²) in [6, 6.07) is 8.06. The van der Waals surface area contributed by atoms with E-state index in [-0.39, 0.29) is 23.1 Å². The Morgan fingerprint density at radius 3 is 2.80 bits per heavy atom. The number of nitrogens with one attached hydrogen (secondary N) is 1. The highest BCUT2D eigenvalue weighted by atomic mass is 32.2. The number of benzene rings is 1. The Morgan fingerprint density at radius 1 is 1.30 bits per heavy atom. The summed E-state index contributed by atoms with van der Waals surface area (Å²) in [5.41, 5.74) is 2.03. The van der Waals surface area contributed by atoms with Crippen LogP contribution in [0.25, 0.3) is 0 Å². The number of imide groups is 1. The van der Waals surface area contributed by atoms with Crippen molar-refractivity contribution >= 4 is 23.6 Å². The summed E-state index contributed by atoms with van der Waals surface area (Å²) in [5, 5.41) is 2.54. The molecule has 3 rings (SSSR count). The van der Waals surface area contributed by atoms with Gasteiger partial charge in [0.15, 0.2) is 0 Å². The molecule has 3 nitrogen and oxygen atoms in total. The Balaban J connectivity index is 2.06. The number of aryl methyl sites for hydroxylation is 1. The van der Waals surface area contributed by atoms with Crippen molar-refractivity contribution < 1.29 is 9.59 Å². The van der Waals surface area contributed by atoms with E-state index in [1.807, 2.05) is 43.0 Å². The van der Waals surface area contributed by atoms with Gasteiger partial charge in [0.25, 0.3) is 0 Å². The first-order valence-electron chi connectivity index (χ1n) is 7.09. The van der Waals surface area contributed by atoms with Crippen LogP contribution in [-0.4, -0.2) is 23.3 Å². The first-order chi connectivity index (χ1) is 9.62. The van der Waals surface area contributed by atoms with Gasteiger partial charge >= 0.3 is 0 Å². The summed E-state index contributed by atoms with van der Waals surface area (Å²) < 4.78 is 0. The van der Waals surface area contributed by atoms with Crippen LogP contribution in [-0.2, 0) is 9.59 Å². The Bertz CT molecular complexity index is 549. The Labute approximate surface area is 123 Å². The zero-order chi connectivity index (χ0) is 14.2. The molecule has 1 aromatic rings. The highest BCUT2D eigenvalue weighted by Gasteiger charge is 2.50. The van der Waals surface area contributed by atoms with Crippen molar-refractivity contribution in [2.45, 2.75) is 32.1 Å². The van der Waals surface area contributed by atoms with Crippen molar-refractivity contribution in [2.75, 3.05) is 11.5 Å². The SMILES string of the molecule is Cc1ccccc1C1C(=O)NC(=O)CC12CCCSC2. The molecular formula is C16H19NO2S. The van der Waals surface area contributed by atoms with Crippen LogP contribution in [0, 0.1) is 12.3 Å². The number of piperidine rings is 1. The highest BCUT2D eigenvalue weighted by Crippen LogP contribution is 2.50. The minimum atomic E-state index is -0.186. The van der Waals surface area contributed by atoms with E-state index in [0.29, 0.717) is 6.42 Å². The monoisotopic (exact) mass is 289 g/mol. The van der Waals surface area contributed by atoms with E-state index >= 15 is 0 Å². The number of carbonyl (C=O) groups excluding carboxylic acids is 2. The van der Waals surface area contributed by atoms with E-state index in [1.165, 1.54) is 0 Å². The molecule has 2 atom stereocenters. The van der Waals surface area contributed by atoms with Gasteiger partial charge in [0.2, 0.25) is 11.8 Å². The molecule has 2 fully saturated rings. The van der Waals surface area contributed by atoms with Gasteiger partial charge in [-0.25, -0.2) is 0 Å². The second kappa shape index (κ2) is 5.24. The lowest BCUT2D eigenvalue weighted by Gasteiger charge is -2.45. The average Bonchev–Trinajstić information content (AvgIpc) is 2.41. The number of rotatable bonds is 1. The summed E-state index contributed by atoms with van der Waals surface area (Å²) in [7, 11) is 0. The van der Waals surface area contributed by atoms with E-state index < -0.39 is 0 Å². The van der Waals surface area contributed by atoms with E-state index in [1.54, 1.807) is 0 Å². The van der Waals surface area contributed by atoms with Crippen LogP contribution in [0.2, 0.25) is 0 Å².